The van der Waals surface area contributed by atoms with Crippen LogP contribution >= 0.6 is 11.6 Å². The van der Waals surface area contributed by atoms with Crippen LogP contribution in [0.25, 0.3) is 22.3 Å². The first-order valence-corrected chi connectivity index (χ1v) is 11.9. The Bertz CT molecular complexity index is 1540. The van der Waals surface area contributed by atoms with Crippen LogP contribution in [0, 0.1) is 29.1 Å². The lowest BCUT2D eigenvalue weighted by atomic mass is 10.1. The molecule has 14 heteroatoms. The molecule has 1 amide bonds. The molecule has 1 saturated heterocycles. The van der Waals surface area contributed by atoms with Crippen molar-refractivity contribution >= 4 is 34.4 Å². The maximum Gasteiger partial charge on any atom is 0.237 e. The van der Waals surface area contributed by atoms with E-state index >= 15 is 4.39 Å². The molecule has 0 saturated carbocycles. The molecule has 1 aliphatic rings. The summed E-state index contributed by atoms with van der Waals surface area (Å²) in [5.41, 5.74) is 6.42. The lowest BCUT2D eigenvalue weighted by molar-refractivity contribution is -0.130. The SMILES string of the molecule is Nc1ncnc2c1c(-c1ccc(Oc3c(F)c(F)cc(F)c3F)cc1F)nn2[C@H]1CCCN(C(=O)CCl)C1. The van der Waals surface area contributed by atoms with Crippen LogP contribution in [0.5, 0.6) is 11.5 Å². The fourth-order valence-electron chi connectivity index (χ4n) is 4.41. The molecule has 0 spiro atoms. The summed E-state index contributed by atoms with van der Waals surface area (Å²) in [6.45, 7) is 0.847. The number of anilines is 1. The highest BCUT2D eigenvalue weighted by Crippen LogP contribution is 2.37. The van der Waals surface area contributed by atoms with Crippen LogP contribution in [0.3, 0.4) is 0 Å². The number of benzene rings is 2. The molecule has 38 heavy (non-hydrogen) atoms. The predicted octanol–water partition coefficient (Wildman–Crippen LogP) is 4.97. The number of ether oxygens (including phenoxy) is 1. The molecular formula is C24H18ClF5N6O2. The van der Waals surface area contributed by atoms with Gasteiger partial charge in [0.05, 0.1) is 11.4 Å². The van der Waals surface area contributed by atoms with Crippen LogP contribution in [0.1, 0.15) is 18.9 Å². The first kappa shape index (κ1) is 25.6. The number of carbonyl (C=O) groups is 1. The van der Waals surface area contributed by atoms with Crippen molar-refractivity contribution in [1.82, 2.24) is 24.6 Å². The summed E-state index contributed by atoms with van der Waals surface area (Å²) in [7, 11) is 0. The van der Waals surface area contributed by atoms with Gasteiger partial charge in [0.1, 0.15) is 35.3 Å². The summed E-state index contributed by atoms with van der Waals surface area (Å²) in [4.78, 5) is 22.0. The van der Waals surface area contributed by atoms with E-state index in [9.17, 15) is 22.4 Å². The fourth-order valence-corrected chi connectivity index (χ4v) is 4.58. The molecule has 0 bridgehead atoms. The molecule has 0 radical (unpaired) electrons. The summed E-state index contributed by atoms with van der Waals surface area (Å²) >= 11 is 5.71. The van der Waals surface area contributed by atoms with Gasteiger partial charge >= 0.3 is 0 Å². The summed E-state index contributed by atoms with van der Waals surface area (Å²) in [5.74, 6) is -9.94. The van der Waals surface area contributed by atoms with Crippen molar-refractivity contribution in [1.29, 1.82) is 0 Å². The Labute approximate surface area is 216 Å². The normalized spacial score (nSPS) is 15.7. The van der Waals surface area contributed by atoms with E-state index in [2.05, 4.69) is 15.1 Å². The molecule has 5 rings (SSSR count). The number of hydrogen-bond acceptors (Lipinski definition) is 6. The summed E-state index contributed by atoms with van der Waals surface area (Å²) in [6.07, 6.45) is 2.57. The Morgan fingerprint density at radius 1 is 1.08 bits per heavy atom. The highest BCUT2D eigenvalue weighted by atomic mass is 35.5. The second-order valence-electron chi connectivity index (χ2n) is 8.56. The van der Waals surface area contributed by atoms with Gasteiger partial charge in [-0.3, -0.25) is 4.79 Å². The number of fused-ring (bicyclic) bond motifs is 1. The number of nitrogens with two attached hydrogens (primary N) is 1. The number of aromatic nitrogens is 4. The Morgan fingerprint density at radius 3 is 2.50 bits per heavy atom. The molecule has 2 aromatic carbocycles. The van der Waals surface area contributed by atoms with Crippen LogP contribution in [-0.2, 0) is 4.79 Å². The average molecular weight is 553 g/mol. The molecule has 2 aromatic heterocycles. The number of nitrogen functional groups attached to an aromatic ring is 1. The molecular weight excluding hydrogens is 535 g/mol. The lowest BCUT2D eigenvalue weighted by Gasteiger charge is -2.32. The Kier molecular flexibility index (Phi) is 6.78. The van der Waals surface area contributed by atoms with E-state index in [1.807, 2.05) is 0 Å². The quantitative estimate of drug-likeness (QED) is 0.213. The molecule has 1 fully saturated rings. The Hall–Kier alpha value is -4.00. The maximum atomic E-state index is 15.3. The maximum absolute atomic E-state index is 15.3. The monoisotopic (exact) mass is 552 g/mol. The standard InChI is InChI=1S/C24H18ClF5N6O2/c25-8-17(37)35-5-1-2-11(9-35)36-24-18(23(31)32-10-33-24)21(34-36)13-4-3-12(6-14(13)26)38-22-19(29)15(27)7-16(28)20(22)30/h3-4,6-7,10-11H,1-2,5,8-9H2,(H2,31,32,33)/t11-/m0/s1. The van der Waals surface area contributed by atoms with Gasteiger partial charge in [0.25, 0.3) is 0 Å². The molecule has 2 N–H and O–H groups in total. The number of piperidine rings is 1. The molecule has 3 heterocycles. The number of nitrogens with zero attached hydrogens (tertiary/aromatic N) is 5. The predicted molar refractivity (Wildman–Crippen MR) is 127 cm³/mol. The van der Waals surface area contributed by atoms with Crippen LogP contribution in [-0.4, -0.2) is 49.5 Å². The highest BCUT2D eigenvalue weighted by molar-refractivity contribution is 6.27. The van der Waals surface area contributed by atoms with Gasteiger partial charge in [-0.1, -0.05) is 0 Å². The summed E-state index contributed by atoms with van der Waals surface area (Å²) < 4.78 is 76.8. The van der Waals surface area contributed by atoms with Gasteiger partial charge in [-0.25, -0.2) is 27.8 Å². The number of halogens is 6. The summed E-state index contributed by atoms with van der Waals surface area (Å²) in [5, 5.41) is 4.81. The minimum Gasteiger partial charge on any atom is -0.451 e. The van der Waals surface area contributed by atoms with Crippen molar-refractivity contribution in [2.75, 3.05) is 24.7 Å². The molecule has 8 nitrogen and oxygen atoms in total. The summed E-state index contributed by atoms with van der Waals surface area (Å²) in [6, 6.07) is 2.86. The van der Waals surface area contributed by atoms with E-state index in [4.69, 9.17) is 22.1 Å². The van der Waals surface area contributed by atoms with Crippen molar-refractivity contribution < 1.29 is 31.5 Å². The third-order valence-corrected chi connectivity index (χ3v) is 6.44. The largest absolute Gasteiger partial charge is 0.451 e. The minimum absolute atomic E-state index is 0.0276. The van der Waals surface area contributed by atoms with Crippen molar-refractivity contribution in [2.24, 2.45) is 0 Å². The van der Waals surface area contributed by atoms with Crippen molar-refractivity contribution in [3.63, 3.8) is 0 Å². The van der Waals surface area contributed by atoms with Crippen LogP contribution < -0.4 is 10.5 Å². The molecule has 1 aliphatic heterocycles. The second-order valence-corrected chi connectivity index (χ2v) is 8.83. The van der Waals surface area contributed by atoms with E-state index in [0.29, 0.717) is 31.6 Å². The first-order valence-electron chi connectivity index (χ1n) is 11.3. The van der Waals surface area contributed by atoms with E-state index < -0.39 is 40.6 Å². The van der Waals surface area contributed by atoms with E-state index in [-0.39, 0.29) is 46.4 Å². The van der Waals surface area contributed by atoms with E-state index in [1.54, 1.807) is 9.58 Å². The van der Waals surface area contributed by atoms with E-state index in [0.717, 1.165) is 12.1 Å². The zero-order valence-electron chi connectivity index (χ0n) is 19.4. The third kappa shape index (κ3) is 4.46. The highest BCUT2D eigenvalue weighted by Gasteiger charge is 2.29. The van der Waals surface area contributed by atoms with Gasteiger partial charge in [0, 0.05) is 30.8 Å². The molecule has 1 atom stereocenters. The van der Waals surface area contributed by atoms with Crippen molar-refractivity contribution in [2.45, 2.75) is 18.9 Å². The van der Waals surface area contributed by atoms with Gasteiger partial charge in [-0.15, -0.1) is 11.6 Å². The van der Waals surface area contributed by atoms with Gasteiger partial charge < -0.3 is 15.4 Å². The number of carbonyl (C=O) groups excluding carboxylic acids is 1. The molecule has 198 valence electrons. The number of amides is 1. The van der Waals surface area contributed by atoms with Gasteiger partial charge in [-0.2, -0.15) is 13.9 Å². The minimum atomic E-state index is -1.77. The number of hydrogen-bond donors (Lipinski definition) is 1. The van der Waals surface area contributed by atoms with Gasteiger partial charge in [0.15, 0.2) is 17.3 Å². The van der Waals surface area contributed by atoms with E-state index in [1.165, 1.54) is 12.4 Å². The van der Waals surface area contributed by atoms with Crippen LogP contribution in [0.15, 0.2) is 30.6 Å². The average Bonchev–Trinajstić information content (AvgIpc) is 3.30. The molecule has 0 unspecified atom stereocenters. The van der Waals surface area contributed by atoms with Crippen LogP contribution in [0.2, 0.25) is 0 Å². The Morgan fingerprint density at radius 2 is 1.82 bits per heavy atom. The smallest absolute Gasteiger partial charge is 0.237 e. The number of likely N-dealkylation sites (tertiary alicyclic amines) is 1. The van der Waals surface area contributed by atoms with Gasteiger partial charge in [-0.05, 0) is 25.0 Å². The van der Waals surface area contributed by atoms with Crippen molar-refractivity contribution in [3.05, 3.63) is 59.7 Å². The van der Waals surface area contributed by atoms with Gasteiger partial charge in [0.2, 0.25) is 23.3 Å². The second kappa shape index (κ2) is 10.0. The molecule has 4 aromatic rings. The number of rotatable bonds is 5. The zero-order chi connectivity index (χ0) is 27.1. The molecule has 0 aliphatic carbocycles. The van der Waals surface area contributed by atoms with Crippen LogP contribution in [0.4, 0.5) is 27.8 Å². The Balaban J connectivity index is 1.54. The topological polar surface area (TPSA) is 99.2 Å². The van der Waals surface area contributed by atoms with Crippen molar-refractivity contribution in [3.8, 4) is 22.8 Å². The number of alkyl halides is 1. The fraction of sp³-hybridized carbons (Fsp3) is 0.250. The lowest BCUT2D eigenvalue weighted by Crippen LogP contribution is -2.41. The third-order valence-electron chi connectivity index (χ3n) is 6.21. The zero-order valence-corrected chi connectivity index (χ0v) is 20.2. The first-order chi connectivity index (χ1) is 18.2.